The Morgan fingerprint density at radius 1 is 1.21 bits per heavy atom. The molecule has 1 aromatic carbocycles. The van der Waals surface area contributed by atoms with Crippen molar-refractivity contribution in [2.45, 2.75) is 39.0 Å². The molecule has 3 heteroatoms. The van der Waals surface area contributed by atoms with Gasteiger partial charge < -0.3 is 9.84 Å². The highest BCUT2D eigenvalue weighted by Crippen LogP contribution is 2.19. The van der Waals surface area contributed by atoms with Crippen LogP contribution in [0.2, 0.25) is 0 Å². The summed E-state index contributed by atoms with van der Waals surface area (Å²) in [6, 6.07) is 4.26. The summed E-state index contributed by atoms with van der Waals surface area (Å²) >= 11 is 0. The van der Waals surface area contributed by atoms with Gasteiger partial charge in [-0.15, -0.1) is 0 Å². The van der Waals surface area contributed by atoms with Crippen LogP contribution in [-0.4, -0.2) is 18.3 Å². The molecule has 0 bridgehead atoms. The van der Waals surface area contributed by atoms with E-state index in [1.54, 1.807) is 6.07 Å². The lowest BCUT2D eigenvalue weighted by Gasteiger charge is -2.08. The molecule has 19 heavy (non-hydrogen) atoms. The van der Waals surface area contributed by atoms with Gasteiger partial charge in [-0.2, -0.15) is 0 Å². The summed E-state index contributed by atoms with van der Waals surface area (Å²) < 4.78 is 18.7. The zero-order valence-electron chi connectivity index (χ0n) is 11.4. The molecule has 0 aliphatic heterocycles. The van der Waals surface area contributed by atoms with E-state index in [1.807, 2.05) is 0 Å². The average molecular weight is 264 g/mol. The fourth-order valence-corrected chi connectivity index (χ4v) is 1.74. The monoisotopic (exact) mass is 264 g/mol. The molecular weight excluding hydrogens is 243 g/mol. The zero-order valence-corrected chi connectivity index (χ0v) is 11.4. The SMILES string of the molecule is CCCCCCCOc1cc(F)ccc1C#CCO. The van der Waals surface area contributed by atoms with E-state index in [0.717, 1.165) is 12.8 Å². The highest BCUT2D eigenvalue weighted by atomic mass is 19.1. The van der Waals surface area contributed by atoms with Gasteiger partial charge in [0.1, 0.15) is 18.2 Å². The van der Waals surface area contributed by atoms with Crippen LogP contribution < -0.4 is 4.74 Å². The maximum atomic E-state index is 13.2. The third-order valence-electron chi connectivity index (χ3n) is 2.75. The average Bonchev–Trinajstić information content (AvgIpc) is 2.42. The zero-order chi connectivity index (χ0) is 13.9. The maximum absolute atomic E-state index is 13.2. The van der Waals surface area contributed by atoms with E-state index in [0.29, 0.717) is 17.9 Å². The molecule has 0 aliphatic carbocycles. The van der Waals surface area contributed by atoms with Crippen LogP contribution in [0.25, 0.3) is 0 Å². The van der Waals surface area contributed by atoms with Crippen molar-refractivity contribution in [1.82, 2.24) is 0 Å². The van der Waals surface area contributed by atoms with Crippen molar-refractivity contribution in [1.29, 1.82) is 0 Å². The molecule has 0 heterocycles. The van der Waals surface area contributed by atoms with Crippen molar-refractivity contribution in [3.8, 4) is 17.6 Å². The number of ether oxygens (including phenoxy) is 1. The Morgan fingerprint density at radius 2 is 2.00 bits per heavy atom. The first-order valence-corrected chi connectivity index (χ1v) is 6.80. The molecule has 1 aromatic rings. The van der Waals surface area contributed by atoms with E-state index in [9.17, 15) is 4.39 Å². The smallest absolute Gasteiger partial charge is 0.137 e. The highest BCUT2D eigenvalue weighted by Gasteiger charge is 2.03. The predicted molar refractivity (Wildman–Crippen MR) is 74.6 cm³/mol. The van der Waals surface area contributed by atoms with Gasteiger partial charge in [0.25, 0.3) is 0 Å². The topological polar surface area (TPSA) is 29.5 Å². The number of unbranched alkanes of at least 4 members (excludes halogenated alkanes) is 4. The maximum Gasteiger partial charge on any atom is 0.137 e. The van der Waals surface area contributed by atoms with Crippen LogP contribution >= 0.6 is 0 Å². The van der Waals surface area contributed by atoms with Gasteiger partial charge in [-0.25, -0.2) is 4.39 Å². The minimum atomic E-state index is -0.337. The number of hydrogen-bond donors (Lipinski definition) is 1. The molecule has 104 valence electrons. The summed E-state index contributed by atoms with van der Waals surface area (Å²) in [4.78, 5) is 0. The van der Waals surface area contributed by atoms with Crippen molar-refractivity contribution in [3.05, 3.63) is 29.6 Å². The second-order valence-corrected chi connectivity index (χ2v) is 4.36. The molecule has 0 aliphatic rings. The highest BCUT2D eigenvalue weighted by molar-refractivity contribution is 5.46. The van der Waals surface area contributed by atoms with Gasteiger partial charge in [-0.1, -0.05) is 44.4 Å². The number of benzene rings is 1. The van der Waals surface area contributed by atoms with Crippen molar-refractivity contribution in [3.63, 3.8) is 0 Å². The summed E-state index contributed by atoms with van der Waals surface area (Å²) in [6.45, 7) is 2.53. The molecule has 0 aromatic heterocycles. The number of aliphatic hydroxyl groups is 1. The summed E-state index contributed by atoms with van der Waals surface area (Å²) in [5.74, 6) is 5.42. The summed E-state index contributed by atoms with van der Waals surface area (Å²) in [5, 5.41) is 8.68. The molecule has 0 amide bonds. The summed E-state index contributed by atoms with van der Waals surface area (Å²) in [6.07, 6.45) is 5.75. The Kier molecular flexibility index (Phi) is 7.69. The Bertz CT molecular complexity index is 432. The van der Waals surface area contributed by atoms with Crippen LogP contribution in [0.1, 0.15) is 44.6 Å². The molecule has 0 radical (unpaired) electrons. The lowest BCUT2D eigenvalue weighted by molar-refractivity contribution is 0.302. The standard InChI is InChI=1S/C16H21FO2/c1-2-3-4-5-6-12-19-16-13-15(17)10-9-14(16)8-7-11-18/h9-10,13,18H,2-6,11-12H2,1H3. The van der Waals surface area contributed by atoms with Crippen molar-refractivity contribution < 1.29 is 14.2 Å². The lowest BCUT2D eigenvalue weighted by atomic mass is 10.1. The predicted octanol–water partition coefficient (Wildman–Crippen LogP) is 3.52. The van der Waals surface area contributed by atoms with E-state index < -0.39 is 0 Å². The molecule has 2 nitrogen and oxygen atoms in total. The Morgan fingerprint density at radius 3 is 2.74 bits per heavy atom. The lowest BCUT2D eigenvalue weighted by Crippen LogP contribution is -1.99. The Balaban J connectivity index is 2.49. The molecule has 0 saturated heterocycles. The first kappa shape index (κ1) is 15.5. The number of rotatable bonds is 7. The molecule has 1 N–H and O–H groups in total. The number of hydrogen-bond acceptors (Lipinski definition) is 2. The van der Waals surface area contributed by atoms with Crippen molar-refractivity contribution in [2.75, 3.05) is 13.2 Å². The van der Waals surface area contributed by atoms with Gasteiger partial charge in [-0.3, -0.25) is 0 Å². The molecular formula is C16H21FO2. The van der Waals surface area contributed by atoms with Gasteiger partial charge in [0.15, 0.2) is 0 Å². The number of aliphatic hydroxyl groups excluding tert-OH is 1. The van der Waals surface area contributed by atoms with Gasteiger partial charge in [0, 0.05) is 6.07 Å². The van der Waals surface area contributed by atoms with Gasteiger partial charge in [0.05, 0.1) is 12.2 Å². The van der Waals surface area contributed by atoms with Crippen LogP contribution in [-0.2, 0) is 0 Å². The van der Waals surface area contributed by atoms with E-state index in [-0.39, 0.29) is 12.4 Å². The largest absolute Gasteiger partial charge is 0.492 e. The second-order valence-electron chi connectivity index (χ2n) is 4.36. The summed E-state index contributed by atoms with van der Waals surface area (Å²) in [5.41, 5.74) is 0.615. The van der Waals surface area contributed by atoms with Crippen LogP contribution in [0.3, 0.4) is 0 Å². The minimum absolute atomic E-state index is 0.214. The molecule has 0 saturated carbocycles. The quantitative estimate of drug-likeness (QED) is 0.603. The van der Waals surface area contributed by atoms with Gasteiger partial charge in [-0.05, 0) is 18.6 Å². The van der Waals surface area contributed by atoms with Gasteiger partial charge in [0.2, 0.25) is 0 Å². The van der Waals surface area contributed by atoms with Crippen LogP contribution in [0.5, 0.6) is 5.75 Å². The van der Waals surface area contributed by atoms with Crippen LogP contribution in [0, 0.1) is 17.7 Å². The first-order valence-electron chi connectivity index (χ1n) is 6.80. The van der Waals surface area contributed by atoms with Crippen molar-refractivity contribution >= 4 is 0 Å². The normalized spacial score (nSPS) is 9.84. The third kappa shape index (κ3) is 6.26. The first-order chi connectivity index (χ1) is 9.27. The Hall–Kier alpha value is -1.53. The molecule has 0 spiro atoms. The molecule has 0 fully saturated rings. The molecule has 0 atom stereocenters. The van der Waals surface area contributed by atoms with Crippen molar-refractivity contribution in [2.24, 2.45) is 0 Å². The van der Waals surface area contributed by atoms with Gasteiger partial charge >= 0.3 is 0 Å². The van der Waals surface area contributed by atoms with E-state index >= 15 is 0 Å². The third-order valence-corrected chi connectivity index (χ3v) is 2.75. The molecule has 0 unspecified atom stereocenters. The fourth-order valence-electron chi connectivity index (χ4n) is 1.74. The minimum Gasteiger partial charge on any atom is -0.492 e. The molecule has 1 rings (SSSR count). The fraction of sp³-hybridized carbons (Fsp3) is 0.500. The van der Waals surface area contributed by atoms with E-state index in [2.05, 4.69) is 18.8 Å². The van der Waals surface area contributed by atoms with E-state index in [1.165, 1.54) is 31.4 Å². The number of halogens is 1. The Labute approximate surface area is 114 Å². The summed E-state index contributed by atoms with van der Waals surface area (Å²) in [7, 11) is 0. The van der Waals surface area contributed by atoms with Crippen LogP contribution in [0.15, 0.2) is 18.2 Å². The second kappa shape index (κ2) is 9.41. The van der Waals surface area contributed by atoms with Crippen LogP contribution in [0.4, 0.5) is 4.39 Å². The van der Waals surface area contributed by atoms with E-state index in [4.69, 9.17) is 9.84 Å².